The van der Waals surface area contributed by atoms with Gasteiger partial charge in [0.25, 0.3) is 0 Å². The molecule has 0 aliphatic carbocycles. The average molecular weight is 505 g/mol. The Hall–Kier alpha value is -3.11. The van der Waals surface area contributed by atoms with E-state index in [1.54, 1.807) is 0 Å². The van der Waals surface area contributed by atoms with E-state index in [-0.39, 0.29) is 5.02 Å². The van der Waals surface area contributed by atoms with Crippen LogP contribution in [0.1, 0.15) is 11.1 Å². The maximum absolute atomic E-state index is 13.3. The third-order valence-corrected chi connectivity index (χ3v) is 6.60. The van der Waals surface area contributed by atoms with E-state index < -0.39 is 11.7 Å². The molecule has 4 aromatic rings. The fourth-order valence-corrected chi connectivity index (χ4v) is 4.72. The molecule has 2 aromatic heterocycles. The van der Waals surface area contributed by atoms with E-state index >= 15 is 0 Å². The summed E-state index contributed by atoms with van der Waals surface area (Å²) in [6.45, 7) is 4.66. The first kappa shape index (κ1) is 22.7. The number of alkyl halides is 3. The Morgan fingerprint density at radius 2 is 1.79 bits per heavy atom. The number of aryl methyl sites for hydroxylation is 1. The molecule has 0 unspecified atom stereocenters. The van der Waals surface area contributed by atoms with Crippen LogP contribution in [0.25, 0.3) is 21.9 Å². The number of benzene rings is 2. The molecule has 1 saturated heterocycles. The molecule has 0 saturated carbocycles. The molecular formula is C23H20ClF3N6S. The summed E-state index contributed by atoms with van der Waals surface area (Å²) in [5.74, 6) is 0.657. The third kappa shape index (κ3) is 4.23. The Bertz CT molecular complexity index is 1380. The zero-order valence-electron chi connectivity index (χ0n) is 18.1. The number of hydrogen-bond donors (Lipinski definition) is 2. The van der Waals surface area contributed by atoms with Gasteiger partial charge in [0.1, 0.15) is 17.8 Å². The molecule has 2 aromatic carbocycles. The summed E-state index contributed by atoms with van der Waals surface area (Å²) in [5.41, 5.74) is 2.01. The van der Waals surface area contributed by atoms with Crippen molar-refractivity contribution in [2.24, 2.45) is 0 Å². The lowest BCUT2D eigenvalue weighted by atomic mass is 10.1. The van der Waals surface area contributed by atoms with E-state index in [9.17, 15) is 13.2 Å². The lowest BCUT2D eigenvalue weighted by Gasteiger charge is -2.37. The first-order valence-electron chi connectivity index (χ1n) is 10.6. The quantitative estimate of drug-likeness (QED) is 0.346. The van der Waals surface area contributed by atoms with Gasteiger partial charge in [-0.05, 0) is 43.4 Å². The van der Waals surface area contributed by atoms with Crippen LogP contribution in [0.2, 0.25) is 5.02 Å². The van der Waals surface area contributed by atoms with Crippen molar-refractivity contribution in [3.05, 3.63) is 58.9 Å². The maximum atomic E-state index is 13.3. The molecule has 0 atom stereocenters. The van der Waals surface area contributed by atoms with E-state index in [1.165, 1.54) is 18.0 Å². The fourth-order valence-electron chi connectivity index (χ4n) is 4.15. The minimum Gasteiger partial charge on any atom is -0.352 e. The van der Waals surface area contributed by atoms with E-state index in [1.807, 2.05) is 31.2 Å². The van der Waals surface area contributed by atoms with Gasteiger partial charge in [-0.25, -0.2) is 9.97 Å². The number of halogens is 4. The molecule has 0 radical (unpaired) electrons. The zero-order valence-corrected chi connectivity index (χ0v) is 19.7. The number of thiocarbonyl (C=S) groups is 1. The Morgan fingerprint density at radius 3 is 2.47 bits per heavy atom. The molecule has 0 bridgehead atoms. The van der Waals surface area contributed by atoms with Crippen LogP contribution >= 0.6 is 23.8 Å². The normalized spacial score (nSPS) is 14.7. The molecule has 0 amide bonds. The molecule has 0 spiro atoms. The number of rotatable bonds is 2. The smallest absolute Gasteiger partial charge is 0.352 e. The topological polar surface area (TPSA) is 60.1 Å². The number of anilines is 2. The van der Waals surface area contributed by atoms with Crippen molar-refractivity contribution in [1.82, 2.24) is 19.9 Å². The molecule has 176 valence electrons. The van der Waals surface area contributed by atoms with Crippen LogP contribution in [0.3, 0.4) is 0 Å². The number of fused-ring (bicyclic) bond motifs is 3. The number of piperazine rings is 1. The molecule has 11 heteroatoms. The molecule has 2 N–H and O–H groups in total. The first-order valence-corrected chi connectivity index (χ1v) is 11.4. The van der Waals surface area contributed by atoms with Crippen LogP contribution in [0.4, 0.5) is 24.7 Å². The third-order valence-electron chi connectivity index (χ3n) is 5.93. The predicted molar refractivity (Wildman–Crippen MR) is 133 cm³/mol. The van der Waals surface area contributed by atoms with Crippen LogP contribution < -0.4 is 10.2 Å². The minimum atomic E-state index is -4.54. The Kier molecular flexibility index (Phi) is 5.73. The van der Waals surface area contributed by atoms with Gasteiger partial charge in [-0.2, -0.15) is 13.2 Å². The van der Waals surface area contributed by atoms with Crippen molar-refractivity contribution in [2.45, 2.75) is 13.1 Å². The minimum absolute atomic E-state index is 0.315. The van der Waals surface area contributed by atoms with Gasteiger partial charge in [0.15, 0.2) is 5.11 Å². The molecular weight excluding hydrogens is 485 g/mol. The zero-order chi connectivity index (χ0) is 24.0. The lowest BCUT2D eigenvalue weighted by molar-refractivity contribution is -0.137. The average Bonchev–Trinajstić information content (AvgIpc) is 3.17. The van der Waals surface area contributed by atoms with Gasteiger partial charge in [-0.3, -0.25) is 0 Å². The number of nitrogens with one attached hydrogen (secondary N) is 2. The summed E-state index contributed by atoms with van der Waals surface area (Å²) < 4.78 is 39.9. The van der Waals surface area contributed by atoms with Crippen molar-refractivity contribution in [3.8, 4) is 0 Å². The van der Waals surface area contributed by atoms with E-state index in [2.05, 4.69) is 30.1 Å². The van der Waals surface area contributed by atoms with Crippen LogP contribution in [0, 0.1) is 6.92 Å². The largest absolute Gasteiger partial charge is 0.417 e. The van der Waals surface area contributed by atoms with Gasteiger partial charge in [-0.15, -0.1) is 0 Å². The van der Waals surface area contributed by atoms with Crippen LogP contribution in [-0.2, 0) is 6.18 Å². The van der Waals surface area contributed by atoms with Crippen molar-refractivity contribution in [1.29, 1.82) is 0 Å². The van der Waals surface area contributed by atoms with Gasteiger partial charge < -0.3 is 20.1 Å². The number of aromatic amines is 1. The van der Waals surface area contributed by atoms with Crippen molar-refractivity contribution in [3.63, 3.8) is 0 Å². The molecule has 34 heavy (non-hydrogen) atoms. The Labute approximate surface area is 203 Å². The molecule has 1 fully saturated rings. The molecule has 1 aliphatic heterocycles. The maximum Gasteiger partial charge on any atom is 0.417 e. The van der Waals surface area contributed by atoms with E-state index in [4.69, 9.17) is 23.8 Å². The van der Waals surface area contributed by atoms with Crippen molar-refractivity contribution < 1.29 is 13.2 Å². The summed E-state index contributed by atoms with van der Waals surface area (Å²) in [6, 6.07) is 10.4. The number of hydrogen-bond acceptors (Lipinski definition) is 4. The van der Waals surface area contributed by atoms with Gasteiger partial charge in [0.2, 0.25) is 0 Å². The van der Waals surface area contributed by atoms with Crippen LogP contribution in [0.5, 0.6) is 0 Å². The highest BCUT2D eigenvalue weighted by Gasteiger charge is 2.34. The molecule has 6 nitrogen and oxygen atoms in total. The van der Waals surface area contributed by atoms with Gasteiger partial charge in [0.05, 0.1) is 16.0 Å². The monoisotopic (exact) mass is 504 g/mol. The van der Waals surface area contributed by atoms with E-state index in [0.717, 1.165) is 11.8 Å². The summed E-state index contributed by atoms with van der Waals surface area (Å²) in [5, 5.41) is 4.78. The first-order chi connectivity index (χ1) is 16.2. The molecule has 1 aliphatic rings. The highest BCUT2D eigenvalue weighted by atomic mass is 35.5. The van der Waals surface area contributed by atoms with Gasteiger partial charge in [-0.1, -0.05) is 29.3 Å². The van der Waals surface area contributed by atoms with E-state index in [0.29, 0.717) is 59.0 Å². The number of aromatic nitrogens is 3. The summed E-state index contributed by atoms with van der Waals surface area (Å²) in [7, 11) is 0. The van der Waals surface area contributed by atoms with Crippen LogP contribution in [-0.4, -0.2) is 51.1 Å². The highest BCUT2D eigenvalue weighted by Crippen LogP contribution is 2.40. The highest BCUT2D eigenvalue weighted by molar-refractivity contribution is 7.80. The summed E-state index contributed by atoms with van der Waals surface area (Å²) in [6.07, 6.45) is -3.13. The Morgan fingerprint density at radius 1 is 1.09 bits per heavy atom. The second-order valence-electron chi connectivity index (χ2n) is 8.19. The van der Waals surface area contributed by atoms with Gasteiger partial charge in [0, 0.05) is 42.8 Å². The molecule has 3 heterocycles. The van der Waals surface area contributed by atoms with Crippen LogP contribution in [0.15, 0.2) is 42.7 Å². The van der Waals surface area contributed by atoms with Crippen molar-refractivity contribution >= 4 is 62.4 Å². The summed E-state index contributed by atoms with van der Waals surface area (Å²) in [4.78, 5) is 15.9. The number of nitrogens with zero attached hydrogens (tertiary/aromatic N) is 4. The van der Waals surface area contributed by atoms with Gasteiger partial charge >= 0.3 is 6.18 Å². The lowest BCUT2D eigenvalue weighted by Crippen LogP contribution is -2.50. The second-order valence-corrected chi connectivity index (χ2v) is 8.99. The standard InChI is InChI=1S/C23H20ClF3N6S/c1-13-2-4-14(5-3-13)30-22(34)33-8-6-32(7-9-33)21-19-15-10-17(24)16(23(25,26)27)11-18(15)31-20(19)28-12-29-21/h2-5,10-12H,6-9H2,1H3,(H,30,34)(H,28,29,31). The molecule has 5 rings (SSSR count). The number of H-pyrrole nitrogens is 1. The fraction of sp³-hybridized carbons (Fsp3) is 0.261. The predicted octanol–water partition coefficient (Wildman–Crippen LogP) is 5.61. The van der Waals surface area contributed by atoms with Crippen molar-refractivity contribution in [2.75, 3.05) is 36.4 Å². The second kappa shape index (κ2) is 8.59. The SMILES string of the molecule is Cc1ccc(NC(=S)N2CCN(c3ncnc4[nH]c5cc(C(F)(F)F)c(Cl)cc5c34)CC2)cc1. The summed E-state index contributed by atoms with van der Waals surface area (Å²) >= 11 is 11.6. The Balaban J connectivity index is 1.39.